The fourth-order valence-electron chi connectivity index (χ4n) is 4.47. The number of nitrogens with one attached hydrogen (secondary N) is 1. The first-order valence-electron chi connectivity index (χ1n) is 10.4. The quantitative estimate of drug-likeness (QED) is 0.702. The van der Waals surface area contributed by atoms with Gasteiger partial charge in [-0.3, -0.25) is 0 Å². The van der Waals surface area contributed by atoms with Crippen molar-refractivity contribution in [1.82, 2.24) is 14.5 Å². The Kier molecular flexibility index (Phi) is 6.43. The van der Waals surface area contributed by atoms with Crippen molar-refractivity contribution in [2.24, 2.45) is 23.7 Å². The number of nitrogens with zero attached hydrogens (tertiary/aromatic N) is 2. The molecule has 6 nitrogen and oxygen atoms in total. The van der Waals surface area contributed by atoms with E-state index in [4.69, 9.17) is 4.74 Å². The first-order valence-corrected chi connectivity index (χ1v) is 11.8. The molecule has 1 aromatic carbocycles. The highest BCUT2D eigenvalue weighted by atomic mass is 32.2. The van der Waals surface area contributed by atoms with Crippen LogP contribution in [0, 0.1) is 35.3 Å². The summed E-state index contributed by atoms with van der Waals surface area (Å²) in [6, 6.07) is 2.72. The Balaban J connectivity index is 1.51. The number of aromatic nitrogens is 2. The van der Waals surface area contributed by atoms with Crippen LogP contribution in [0.15, 0.2) is 59.5 Å². The summed E-state index contributed by atoms with van der Waals surface area (Å²) in [5.74, 6) is -2.40. The molecule has 10 heteroatoms. The number of hydrogen-bond donors (Lipinski definition) is 1. The standard InChI is InChI=1S/C22H24F3N3O3S/c1-14-9-16(23)3-4-17(14)18-5-7-26-12-15(18)13-31-21-10-20(25)22(11-19(21)24)32(29,30)28-8-2-6-27-28/h2-4,6,8-11,14-15,17-18,26H,5,7,12-13H2,1H3. The highest BCUT2D eigenvalue weighted by Gasteiger charge is 2.35. The molecule has 1 fully saturated rings. The van der Waals surface area contributed by atoms with Crippen molar-refractivity contribution in [2.45, 2.75) is 18.2 Å². The predicted molar refractivity (Wildman–Crippen MR) is 112 cm³/mol. The molecule has 1 aliphatic carbocycles. The van der Waals surface area contributed by atoms with E-state index in [1.807, 2.05) is 13.0 Å². The number of halogens is 3. The van der Waals surface area contributed by atoms with Gasteiger partial charge in [-0.2, -0.15) is 17.6 Å². The predicted octanol–water partition coefficient (Wildman–Crippen LogP) is 3.68. The lowest BCUT2D eigenvalue weighted by molar-refractivity contribution is 0.116. The number of allylic oxidation sites excluding steroid dienone is 4. The molecule has 0 amide bonds. The summed E-state index contributed by atoms with van der Waals surface area (Å²) < 4.78 is 73.9. The van der Waals surface area contributed by atoms with E-state index in [2.05, 4.69) is 10.4 Å². The zero-order chi connectivity index (χ0) is 22.9. The Morgan fingerprint density at radius 1 is 1.25 bits per heavy atom. The Morgan fingerprint density at radius 3 is 2.78 bits per heavy atom. The zero-order valence-corrected chi connectivity index (χ0v) is 18.2. The summed E-state index contributed by atoms with van der Waals surface area (Å²) in [6.45, 7) is 3.52. The lowest BCUT2D eigenvalue weighted by Crippen LogP contribution is -2.43. The molecule has 0 bridgehead atoms. The number of benzene rings is 1. The zero-order valence-electron chi connectivity index (χ0n) is 17.4. The molecule has 172 valence electrons. The Labute approximate surface area is 184 Å². The van der Waals surface area contributed by atoms with E-state index in [1.54, 1.807) is 6.08 Å². The fraction of sp³-hybridized carbons (Fsp3) is 0.409. The van der Waals surface area contributed by atoms with Crippen LogP contribution in [0.4, 0.5) is 13.2 Å². The van der Waals surface area contributed by atoms with Gasteiger partial charge in [0.05, 0.1) is 12.8 Å². The third-order valence-corrected chi connectivity index (χ3v) is 7.69. The summed E-state index contributed by atoms with van der Waals surface area (Å²) in [5, 5.41) is 6.87. The van der Waals surface area contributed by atoms with Gasteiger partial charge in [0.2, 0.25) is 0 Å². The van der Waals surface area contributed by atoms with Gasteiger partial charge in [0.15, 0.2) is 11.6 Å². The van der Waals surface area contributed by atoms with Crippen molar-refractivity contribution < 1.29 is 26.3 Å². The molecule has 4 rings (SSSR count). The third-order valence-electron chi connectivity index (χ3n) is 6.11. The van der Waals surface area contributed by atoms with Gasteiger partial charge in [0.25, 0.3) is 10.0 Å². The van der Waals surface area contributed by atoms with E-state index in [9.17, 15) is 21.6 Å². The fourth-order valence-corrected chi connectivity index (χ4v) is 5.64. The summed E-state index contributed by atoms with van der Waals surface area (Å²) in [4.78, 5) is -0.821. The van der Waals surface area contributed by atoms with Gasteiger partial charge in [-0.25, -0.2) is 13.2 Å². The first-order chi connectivity index (χ1) is 15.3. The number of rotatable bonds is 6. The molecule has 32 heavy (non-hydrogen) atoms. The van der Waals surface area contributed by atoms with Crippen molar-refractivity contribution in [3.63, 3.8) is 0 Å². The van der Waals surface area contributed by atoms with Crippen LogP contribution >= 0.6 is 0 Å². The van der Waals surface area contributed by atoms with Crippen LogP contribution in [0.2, 0.25) is 0 Å². The first kappa shape index (κ1) is 22.6. The SMILES string of the molecule is CC1C=C(F)C=CC1C1CCNCC1COc1cc(F)c(S(=O)(=O)n2cccn2)cc1F. The van der Waals surface area contributed by atoms with Crippen LogP contribution in [-0.4, -0.2) is 37.3 Å². The number of hydrogen-bond acceptors (Lipinski definition) is 5. The Hall–Kier alpha value is -2.59. The molecule has 1 saturated heterocycles. The van der Waals surface area contributed by atoms with Crippen LogP contribution in [0.5, 0.6) is 5.75 Å². The summed E-state index contributed by atoms with van der Waals surface area (Å²) in [5.41, 5.74) is 0. The molecule has 4 atom stereocenters. The molecule has 2 aromatic rings. The maximum absolute atomic E-state index is 14.7. The normalized spacial score (nSPS) is 26.1. The van der Waals surface area contributed by atoms with E-state index in [0.29, 0.717) is 16.7 Å². The minimum atomic E-state index is -4.35. The van der Waals surface area contributed by atoms with Crippen molar-refractivity contribution in [3.05, 3.63) is 66.3 Å². The van der Waals surface area contributed by atoms with Crippen molar-refractivity contribution in [1.29, 1.82) is 0 Å². The summed E-state index contributed by atoms with van der Waals surface area (Å²) >= 11 is 0. The van der Waals surface area contributed by atoms with Crippen LogP contribution in [0.1, 0.15) is 13.3 Å². The molecular formula is C22H24F3N3O3S. The molecule has 1 N–H and O–H groups in total. The summed E-state index contributed by atoms with van der Waals surface area (Å²) in [7, 11) is -4.35. The van der Waals surface area contributed by atoms with Crippen molar-refractivity contribution >= 4 is 10.0 Å². The average molecular weight is 468 g/mol. The Morgan fingerprint density at radius 2 is 2.06 bits per heavy atom. The second-order valence-electron chi connectivity index (χ2n) is 8.17. The van der Waals surface area contributed by atoms with E-state index in [1.165, 1.54) is 18.3 Å². The molecule has 1 aromatic heterocycles. The van der Waals surface area contributed by atoms with Crippen LogP contribution in [0.3, 0.4) is 0 Å². The van der Waals surface area contributed by atoms with Gasteiger partial charge in [-0.15, -0.1) is 0 Å². The minimum absolute atomic E-state index is 0.00893. The van der Waals surface area contributed by atoms with E-state index in [0.717, 1.165) is 25.2 Å². The molecule has 0 radical (unpaired) electrons. The van der Waals surface area contributed by atoms with Gasteiger partial charge in [0, 0.05) is 30.8 Å². The van der Waals surface area contributed by atoms with Gasteiger partial charge < -0.3 is 10.1 Å². The lowest BCUT2D eigenvalue weighted by atomic mass is 9.71. The maximum atomic E-state index is 14.7. The van der Waals surface area contributed by atoms with Crippen molar-refractivity contribution in [2.75, 3.05) is 19.7 Å². The lowest BCUT2D eigenvalue weighted by Gasteiger charge is -2.39. The minimum Gasteiger partial charge on any atom is -0.490 e. The van der Waals surface area contributed by atoms with E-state index in [-0.39, 0.29) is 41.9 Å². The van der Waals surface area contributed by atoms with Gasteiger partial charge in [-0.05, 0) is 48.9 Å². The van der Waals surface area contributed by atoms with Gasteiger partial charge in [0.1, 0.15) is 16.5 Å². The van der Waals surface area contributed by atoms with E-state index < -0.39 is 26.6 Å². The topological polar surface area (TPSA) is 73.2 Å². The van der Waals surface area contributed by atoms with Gasteiger partial charge >= 0.3 is 0 Å². The number of piperidine rings is 1. The Bertz CT molecular complexity index is 1130. The smallest absolute Gasteiger partial charge is 0.285 e. The molecule has 2 heterocycles. The van der Waals surface area contributed by atoms with Crippen LogP contribution in [-0.2, 0) is 10.0 Å². The highest BCUT2D eigenvalue weighted by molar-refractivity contribution is 7.89. The summed E-state index contributed by atoms with van der Waals surface area (Å²) in [6.07, 6.45) is 8.15. The highest BCUT2D eigenvalue weighted by Crippen LogP contribution is 2.37. The second kappa shape index (κ2) is 9.11. The second-order valence-corrected chi connectivity index (χ2v) is 9.94. The van der Waals surface area contributed by atoms with Crippen molar-refractivity contribution in [3.8, 4) is 5.75 Å². The molecule has 0 saturated carbocycles. The van der Waals surface area contributed by atoms with Gasteiger partial charge in [-0.1, -0.05) is 13.0 Å². The molecule has 0 spiro atoms. The van der Waals surface area contributed by atoms with Crippen LogP contribution in [0.25, 0.3) is 0 Å². The largest absolute Gasteiger partial charge is 0.490 e. The average Bonchev–Trinajstić information content (AvgIpc) is 3.30. The molecule has 4 unspecified atom stereocenters. The molecule has 1 aliphatic heterocycles. The third kappa shape index (κ3) is 4.47. The molecule has 2 aliphatic rings. The van der Waals surface area contributed by atoms with E-state index >= 15 is 0 Å². The monoisotopic (exact) mass is 467 g/mol. The van der Waals surface area contributed by atoms with Crippen LogP contribution < -0.4 is 10.1 Å². The maximum Gasteiger partial charge on any atom is 0.285 e. The number of ether oxygens (including phenoxy) is 1. The molecular weight excluding hydrogens is 443 g/mol.